The fourth-order valence-electron chi connectivity index (χ4n) is 1.85. The minimum atomic E-state index is -0.323. The number of hydrogen-bond acceptors (Lipinski definition) is 3. The summed E-state index contributed by atoms with van der Waals surface area (Å²) in [6.45, 7) is 0.814. The Kier molecular flexibility index (Phi) is 4.77. The van der Waals surface area contributed by atoms with Crippen molar-refractivity contribution in [2.45, 2.75) is 12.5 Å². The summed E-state index contributed by atoms with van der Waals surface area (Å²) in [6, 6.07) is 5.70. The molecule has 5 heteroatoms. The number of carbonyl (C=O) groups excluding carboxylic acids is 1. The normalized spacial score (nSPS) is 18.2. The van der Waals surface area contributed by atoms with Crippen LogP contribution >= 0.6 is 28.3 Å². The molecular formula is C11H13BrClNO2. The number of methoxy groups -OCH3 is 1. The van der Waals surface area contributed by atoms with E-state index in [4.69, 9.17) is 4.74 Å². The third kappa shape index (κ3) is 2.56. The number of esters is 1. The maximum atomic E-state index is 11.5. The lowest BCUT2D eigenvalue weighted by molar-refractivity contribution is -0.143. The van der Waals surface area contributed by atoms with Crippen molar-refractivity contribution in [3.05, 3.63) is 33.8 Å². The molecule has 0 radical (unpaired) electrons. The molecule has 88 valence electrons. The van der Waals surface area contributed by atoms with E-state index < -0.39 is 0 Å². The number of rotatable bonds is 1. The van der Waals surface area contributed by atoms with Crippen LogP contribution in [0.2, 0.25) is 0 Å². The zero-order valence-corrected chi connectivity index (χ0v) is 11.2. The third-order valence-corrected chi connectivity index (χ3v) is 3.09. The first-order valence-electron chi connectivity index (χ1n) is 4.82. The number of nitrogens with one attached hydrogen (secondary N) is 1. The van der Waals surface area contributed by atoms with E-state index in [-0.39, 0.29) is 24.4 Å². The van der Waals surface area contributed by atoms with E-state index in [1.54, 1.807) is 0 Å². The van der Waals surface area contributed by atoms with E-state index >= 15 is 0 Å². The molecule has 1 aliphatic heterocycles. The highest BCUT2D eigenvalue weighted by molar-refractivity contribution is 9.10. The molecule has 3 nitrogen and oxygen atoms in total. The maximum absolute atomic E-state index is 11.5. The van der Waals surface area contributed by atoms with Crippen molar-refractivity contribution in [3.63, 3.8) is 0 Å². The van der Waals surface area contributed by atoms with Crippen LogP contribution in [0.4, 0.5) is 0 Å². The van der Waals surface area contributed by atoms with Gasteiger partial charge in [0.05, 0.1) is 7.11 Å². The van der Waals surface area contributed by atoms with Gasteiger partial charge in [0.15, 0.2) is 0 Å². The second-order valence-electron chi connectivity index (χ2n) is 3.50. The van der Waals surface area contributed by atoms with E-state index in [1.165, 1.54) is 12.7 Å². The summed E-state index contributed by atoms with van der Waals surface area (Å²) < 4.78 is 5.75. The number of ether oxygens (including phenoxy) is 1. The Morgan fingerprint density at radius 3 is 3.00 bits per heavy atom. The highest BCUT2D eigenvalue weighted by Gasteiger charge is 2.26. The van der Waals surface area contributed by atoms with E-state index in [1.807, 2.05) is 12.1 Å². The van der Waals surface area contributed by atoms with Crippen LogP contribution in [0.5, 0.6) is 0 Å². The Balaban J connectivity index is 0.00000128. The molecule has 16 heavy (non-hydrogen) atoms. The lowest BCUT2D eigenvalue weighted by Gasteiger charge is -2.25. The third-order valence-electron chi connectivity index (χ3n) is 2.60. The maximum Gasteiger partial charge on any atom is 0.327 e. The minimum absolute atomic E-state index is 0. The SMILES string of the molecule is COC(=O)C1NCCc2ccc(Br)cc21.Cl. The zero-order chi connectivity index (χ0) is 10.8. The molecule has 0 saturated heterocycles. The molecule has 1 atom stereocenters. The van der Waals surface area contributed by atoms with Gasteiger partial charge in [0.1, 0.15) is 6.04 Å². The predicted molar refractivity (Wildman–Crippen MR) is 67.9 cm³/mol. The molecule has 1 aromatic carbocycles. The van der Waals surface area contributed by atoms with Crippen LogP contribution < -0.4 is 5.32 Å². The van der Waals surface area contributed by atoms with Crippen molar-refractivity contribution in [3.8, 4) is 0 Å². The van der Waals surface area contributed by atoms with Gasteiger partial charge in [-0.3, -0.25) is 0 Å². The van der Waals surface area contributed by atoms with Crippen molar-refractivity contribution in [2.24, 2.45) is 0 Å². The summed E-state index contributed by atoms with van der Waals surface area (Å²) in [6.07, 6.45) is 0.954. The Bertz CT molecular complexity index is 398. The average molecular weight is 307 g/mol. The van der Waals surface area contributed by atoms with Gasteiger partial charge in [-0.1, -0.05) is 22.0 Å². The molecule has 0 aromatic heterocycles. The second kappa shape index (κ2) is 5.66. The average Bonchev–Trinajstić information content (AvgIpc) is 2.27. The first-order valence-corrected chi connectivity index (χ1v) is 5.61. The van der Waals surface area contributed by atoms with Gasteiger partial charge in [-0.15, -0.1) is 12.4 Å². The van der Waals surface area contributed by atoms with Crippen LogP contribution in [0, 0.1) is 0 Å². The predicted octanol–water partition coefficient (Wildman–Crippen LogP) is 2.23. The number of carbonyl (C=O) groups is 1. The van der Waals surface area contributed by atoms with Crippen LogP contribution in [0.3, 0.4) is 0 Å². The first-order chi connectivity index (χ1) is 7.22. The van der Waals surface area contributed by atoms with Crippen LogP contribution in [0.1, 0.15) is 17.2 Å². The Morgan fingerprint density at radius 2 is 2.31 bits per heavy atom. The van der Waals surface area contributed by atoms with Crippen LogP contribution in [0.15, 0.2) is 22.7 Å². The Morgan fingerprint density at radius 1 is 1.56 bits per heavy atom. The molecule has 2 rings (SSSR count). The summed E-state index contributed by atoms with van der Waals surface area (Å²) in [5, 5.41) is 3.16. The molecule has 0 aliphatic carbocycles. The molecule has 0 fully saturated rings. The molecule has 0 bridgehead atoms. The van der Waals surface area contributed by atoms with Crippen LogP contribution in [0.25, 0.3) is 0 Å². The molecule has 1 aromatic rings. The van der Waals surface area contributed by atoms with Gasteiger partial charge in [-0.05, 0) is 29.7 Å². The lowest BCUT2D eigenvalue weighted by atomic mass is 9.94. The van der Waals surface area contributed by atoms with Crippen molar-refractivity contribution in [1.82, 2.24) is 5.32 Å². The molecule has 1 heterocycles. The smallest absolute Gasteiger partial charge is 0.327 e. The van der Waals surface area contributed by atoms with Gasteiger partial charge in [-0.2, -0.15) is 0 Å². The van der Waals surface area contributed by atoms with Crippen molar-refractivity contribution in [1.29, 1.82) is 0 Å². The largest absolute Gasteiger partial charge is 0.468 e. The summed E-state index contributed by atoms with van der Waals surface area (Å²) >= 11 is 3.41. The second-order valence-corrected chi connectivity index (χ2v) is 4.42. The molecule has 0 spiro atoms. The summed E-state index contributed by atoms with van der Waals surface area (Å²) in [7, 11) is 1.41. The summed E-state index contributed by atoms with van der Waals surface area (Å²) in [4.78, 5) is 11.5. The Hall–Kier alpha value is -0.580. The summed E-state index contributed by atoms with van der Waals surface area (Å²) in [5.41, 5.74) is 2.23. The molecular weight excluding hydrogens is 293 g/mol. The van der Waals surface area contributed by atoms with E-state index in [0.29, 0.717) is 0 Å². The molecule has 1 N–H and O–H groups in total. The first kappa shape index (κ1) is 13.5. The van der Waals surface area contributed by atoms with Gasteiger partial charge >= 0.3 is 5.97 Å². The number of fused-ring (bicyclic) bond motifs is 1. The lowest BCUT2D eigenvalue weighted by Crippen LogP contribution is -2.35. The van der Waals surface area contributed by atoms with Crippen molar-refractivity contribution < 1.29 is 9.53 Å². The van der Waals surface area contributed by atoms with E-state index in [2.05, 4.69) is 27.3 Å². The fraction of sp³-hybridized carbons (Fsp3) is 0.364. The minimum Gasteiger partial charge on any atom is -0.468 e. The quantitative estimate of drug-likeness (QED) is 0.809. The van der Waals surface area contributed by atoms with Crippen molar-refractivity contribution >= 4 is 34.3 Å². The van der Waals surface area contributed by atoms with Gasteiger partial charge in [0.2, 0.25) is 0 Å². The number of halogens is 2. The van der Waals surface area contributed by atoms with E-state index in [9.17, 15) is 4.79 Å². The number of benzene rings is 1. The van der Waals surface area contributed by atoms with Crippen molar-refractivity contribution in [2.75, 3.05) is 13.7 Å². The standard InChI is InChI=1S/C11H12BrNO2.ClH/c1-15-11(14)10-9-6-8(12)3-2-7(9)4-5-13-10;/h2-3,6,10,13H,4-5H2,1H3;1H. The van der Waals surface area contributed by atoms with Gasteiger partial charge in [-0.25, -0.2) is 4.79 Å². The molecule has 1 unspecified atom stereocenters. The molecule has 0 amide bonds. The van der Waals surface area contributed by atoms with Gasteiger partial charge < -0.3 is 10.1 Å². The summed E-state index contributed by atoms with van der Waals surface area (Å²) in [5.74, 6) is -0.228. The zero-order valence-electron chi connectivity index (χ0n) is 8.83. The monoisotopic (exact) mass is 305 g/mol. The van der Waals surface area contributed by atoms with Gasteiger partial charge in [0, 0.05) is 11.0 Å². The highest BCUT2D eigenvalue weighted by Crippen LogP contribution is 2.26. The topological polar surface area (TPSA) is 38.3 Å². The van der Waals surface area contributed by atoms with Crippen LogP contribution in [-0.4, -0.2) is 19.6 Å². The van der Waals surface area contributed by atoms with Crippen LogP contribution in [-0.2, 0) is 16.0 Å². The van der Waals surface area contributed by atoms with E-state index in [0.717, 1.165) is 23.0 Å². The molecule has 1 aliphatic rings. The number of hydrogen-bond donors (Lipinski definition) is 1. The highest BCUT2D eigenvalue weighted by atomic mass is 79.9. The molecule has 0 saturated carbocycles. The van der Waals surface area contributed by atoms with Gasteiger partial charge in [0.25, 0.3) is 0 Å². The Labute approximate surface area is 109 Å². The fourth-order valence-corrected chi connectivity index (χ4v) is 2.23.